The molecule has 0 spiro atoms. The quantitative estimate of drug-likeness (QED) is 0.664. The molecule has 2 rings (SSSR count). The molecule has 1 aliphatic heterocycles. The van der Waals surface area contributed by atoms with Crippen LogP contribution in [-0.4, -0.2) is 17.8 Å². The predicted molar refractivity (Wildman–Crippen MR) is 46.7 cm³/mol. The predicted octanol–water partition coefficient (Wildman–Crippen LogP) is 1.64. The average molecular weight is 185 g/mol. The maximum absolute atomic E-state index is 9.27. The summed E-state index contributed by atoms with van der Waals surface area (Å²) in [6, 6.07) is 5.48. The molecule has 0 saturated heterocycles. The Morgan fingerprint density at radius 1 is 1.50 bits per heavy atom. The van der Waals surface area contributed by atoms with E-state index in [1.807, 2.05) is 12.1 Å². The molecule has 0 fully saturated rings. The smallest absolute Gasteiger partial charge is 0.124 e. The number of aliphatic hydroxyl groups excluding tert-OH is 1. The van der Waals surface area contributed by atoms with Crippen LogP contribution in [0, 0.1) is 0 Å². The molecule has 0 aromatic heterocycles. The van der Waals surface area contributed by atoms with Gasteiger partial charge in [-0.25, -0.2) is 0 Å². The zero-order valence-corrected chi connectivity index (χ0v) is 7.21. The van der Waals surface area contributed by atoms with Crippen LogP contribution in [0.15, 0.2) is 18.2 Å². The molecule has 1 aromatic carbocycles. The highest BCUT2D eigenvalue weighted by Gasteiger charge is 2.17. The fraction of sp³-hybridized carbons (Fsp3) is 0.333. The van der Waals surface area contributed by atoms with Crippen molar-refractivity contribution in [1.29, 1.82) is 0 Å². The maximum Gasteiger partial charge on any atom is 0.124 e. The Kier molecular flexibility index (Phi) is 1.95. The van der Waals surface area contributed by atoms with E-state index in [9.17, 15) is 5.11 Å². The molecule has 0 amide bonds. The largest absolute Gasteiger partial charge is 0.491 e. The monoisotopic (exact) mass is 184 g/mol. The molecule has 2 nitrogen and oxygen atoms in total. The van der Waals surface area contributed by atoms with E-state index < -0.39 is 0 Å². The van der Waals surface area contributed by atoms with Crippen molar-refractivity contribution < 1.29 is 9.84 Å². The van der Waals surface area contributed by atoms with Gasteiger partial charge in [-0.3, -0.25) is 0 Å². The minimum Gasteiger partial charge on any atom is -0.491 e. The van der Waals surface area contributed by atoms with E-state index in [2.05, 4.69) is 0 Å². The third-order valence-electron chi connectivity index (χ3n) is 1.92. The van der Waals surface area contributed by atoms with Gasteiger partial charge in [0.2, 0.25) is 0 Å². The van der Waals surface area contributed by atoms with Crippen molar-refractivity contribution in [3.05, 3.63) is 28.8 Å². The molecule has 0 saturated carbocycles. The molecular formula is C9H9ClO2. The van der Waals surface area contributed by atoms with Crippen LogP contribution in [0.2, 0.25) is 5.02 Å². The Balaban J connectivity index is 2.37. The van der Waals surface area contributed by atoms with Gasteiger partial charge < -0.3 is 9.84 Å². The second kappa shape index (κ2) is 2.96. The average Bonchev–Trinajstić information content (AvgIpc) is 2.05. The zero-order valence-electron chi connectivity index (χ0n) is 6.46. The van der Waals surface area contributed by atoms with E-state index in [0.717, 1.165) is 11.3 Å². The summed E-state index contributed by atoms with van der Waals surface area (Å²) in [6.07, 6.45) is 0.283. The number of ether oxygens (including phenoxy) is 1. The first-order chi connectivity index (χ1) is 5.75. The molecule has 1 aromatic rings. The van der Waals surface area contributed by atoms with E-state index in [4.69, 9.17) is 16.3 Å². The lowest BCUT2D eigenvalue weighted by Gasteiger charge is -2.21. The number of benzene rings is 1. The van der Waals surface area contributed by atoms with Gasteiger partial charge in [0.25, 0.3) is 0 Å². The fourth-order valence-electron chi connectivity index (χ4n) is 1.33. The Labute approximate surface area is 75.7 Å². The summed E-state index contributed by atoms with van der Waals surface area (Å²) in [5.74, 6) is 0.799. The summed E-state index contributed by atoms with van der Waals surface area (Å²) in [6.45, 7) is 0.368. The van der Waals surface area contributed by atoms with Gasteiger partial charge in [0, 0.05) is 11.4 Å². The van der Waals surface area contributed by atoms with Crippen molar-refractivity contribution in [2.75, 3.05) is 6.61 Å². The van der Waals surface area contributed by atoms with E-state index in [1.165, 1.54) is 0 Å². The summed E-state index contributed by atoms with van der Waals surface area (Å²) in [5, 5.41) is 9.94. The summed E-state index contributed by atoms with van der Waals surface area (Å²) < 4.78 is 5.28. The van der Waals surface area contributed by atoms with Gasteiger partial charge in [-0.15, -0.1) is 0 Å². The lowest BCUT2D eigenvalue weighted by atomic mass is 10.1. The first-order valence-electron chi connectivity index (χ1n) is 3.85. The van der Waals surface area contributed by atoms with Crippen molar-refractivity contribution in [1.82, 2.24) is 0 Å². The van der Waals surface area contributed by atoms with Crippen LogP contribution >= 0.6 is 11.6 Å². The molecule has 1 unspecified atom stereocenters. The number of rotatable bonds is 0. The van der Waals surface area contributed by atoms with E-state index >= 15 is 0 Å². The third kappa shape index (κ3) is 1.40. The first kappa shape index (κ1) is 7.90. The minimum atomic E-state index is -0.376. The van der Waals surface area contributed by atoms with E-state index in [1.54, 1.807) is 6.07 Å². The maximum atomic E-state index is 9.27. The van der Waals surface area contributed by atoms with Crippen molar-refractivity contribution in [3.63, 3.8) is 0 Å². The van der Waals surface area contributed by atoms with Gasteiger partial charge in [0.1, 0.15) is 12.4 Å². The molecule has 12 heavy (non-hydrogen) atoms. The van der Waals surface area contributed by atoms with E-state index in [-0.39, 0.29) is 6.10 Å². The fourth-order valence-corrected chi connectivity index (χ4v) is 1.49. The summed E-state index contributed by atoms with van der Waals surface area (Å²) in [7, 11) is 0. The van der Waals surface area contributed by atoms with Gasteiger partial charge in [-0.2, -0.15) is 0 Å². The van der Waals surface area contributed by atoms with Crippen molar-refractivity contribution >= 4 is 11.6 Å². The van der Waals surface area contributed by atoms with Gasteiger partial charge in [0.05, 0.1) is 6.10 Å². The zero-order chi connectivity index (χ0) is 8.55. The molecule has 64 valence electrons. The number of hydrogen-bond acceptors (Lipinski definition) is 2. The summed E-state index contributed by atoms with van der Waals surface area (Å²) in [5.41, 5.74) is 1.03. The highest BCUT2D eigenvalue weighted by Crippen LogP contribution is 2.27. The van der Waals surface area contributed by atoms with Crippen LogP contribution in [-0.2, 0) is 6.42 Å². The second-order valence-corrected chi connectivity index (χ2v) is 3.36. The lowest BCUT2D eigenvalue weighted by molar-refractivity contribution is 0.0921. The molecule has 1 aliphatic rings. The second-order valence-electron chi connectivity index (χ2n) is 2.92. The van der Waals surface area contributed by atoms with Gasteiger partial charge in [-0.05, 0) is 17.7 Å². The van der Waals surface area contributed by atoms with Crippen molar-refractivity contribution in [2.45, 2.75) is 12.5 Å². The Morgan fingerprint density at radius 2 is 2.33 bits per heavy atom. The molecule has 3 heteroatoms. The Hall–Kier alpha value is -0.730. The highest BCUT2D eigenvalue weighted by atomic mass is 35.5. The van der Waals surface area contributed by atoms with Gasteiger partial charge in [-0.1, -0.05) is 17.7 Å². The van der Waals surface area contributed by atoms with Crippen LogP contribution in [0.4, 0.5) is 0 Å². The third-order valence-corrected chi connectivity index (χ3v) is 2.15. The highest BCUT2D eigenvalue weighted by molar-refractivity contribution is 6.30. The number of hydrogen-bond donors (Lipinski definition) is 1. The summed E-state index contributed by atoms with van der Waals surface area (Å²) >= 11 is 5.77. The molecule has 1 heterocycles. The SMILES string of the molecule is OC1COc2cc(Cl)ccc2C1. The van der Waals surface area contributed by atoms with Crippen LogP contribution in [0.1, 0.15) is 5.56 Å². The van der Waals surface area contributed by atoms with Gasteiger partial charge >= 0.3 is 0 Å². The molecule has 1 atom stereocenters. The van der Waals surface area contributed by atoms with Crippen molar-refractivity contribution in [3.8, 4) is 5.75 Å². The standard InChI is InChI=1S/C9H9ClO2/c10-7-2-1-6-3-8(11)5-12-9(6)4-7/h1-2,4,8,11H,3,5H2. The molecule has 1 N–H and O–H groups in total. The molecule has 0 aliphatic carbocycles. The van der Waals surface area contributed by atoms with Crippen LogP contribution in [0.5, 0.6) is 5.75 Å². The number of aliphatic hydroxyl groups is 1. The topological polar surface area (TPSA) is 29.5 Å². The number of halogens is 1. The van der Waals surface area contributed by atoms with Gasteiger partial charge in [0.15, 0.2) is 0 Å². The molecule has 0 bridgehead atoms. The summed E-state index contributed by atoms with van der Waals surface area (Å²) in [4.78, 5) is 0. The Bertz CT molecular complexity index is 299. The van der Waals surface area contributed by atoms with E-state index in [0.29, 0.717) is 18.1 Å². The minimum absolute atomic E-state index is 0.368. The first-order valence-corrected chi connectivity index (χ1v) is 4.23. The number of fused-ring (bicyclic) bond motifs is 1. The Morgan fingerprint density at radius 3 is 3.17 bits per heavy atom. The van der Waals surface area contributed by atoms with Crippen LogP contribution < -0.4 is 4.74 Å². The van der Waals surface area contributed by atoms with Crippen molar-refractivity contribution in [2.24, 2.45) is 0 Å². The normalized spacial score (nSPS) is 21.3. The van der Waals surface area contributed by atoms with Crippen LogP contribution in [0.25, 0.3) is 0 Å². The molecular weight excluding hydrogens is 176 g/mol. The lowest BCUT2D eigenvalue weighted by Crippen LogP contribution is -2.25. The van der Waals surface area contributed by atoms with Crippen LogP contribution in [0.3, 0.4) is 0 Å². The molecule has 0 radical (unpaired) electrons.